The fraction of sp³-hybridized carbons (Fsp3) is 0.667. The lowest BCUT2D eigenvalue weighted by Gasteiger charge is -1.89. The zero-order chi connectivity index (χ0) is 4.28. The van der Waals surface area contributed by atoms with Crippen molar-refractivity contribution in [2.75, 3.05) is 0 Å². The molecule has 1 radical (unpaired) electrons. The molecule has 5 heavy (non-hydrogen) atoms. The van der Waals surface area contributed by atoms with Crippen molar-refractivity contribution in [2.45, 2.75) is 12.2 Å². The second-order valence-corrected chi connectivity index (χ2v) is 1.75. The molecule has 0 saturated carbocycles. The summed E-state index contributed by atoms with van der Waals surface area (Å²) in [7, 11) is 0. The SMILES string of the molecule is CC(S)[CH]N. The van der Waals surface area contributed by atoms with Gasteiger partial charge in [0, 0.05) is 11.8 Å². The third-order valence-corrected chi connectivity index (χ3v) is 0.451. The summed E-state index contributed by atoms with van der Waals surface area (Å²) in [5.74, 6) is 0. The molecule has 0 aliphatic rings. The van der Waals surface area contributed by atoms with Crippen molar-refractivity contribution >= 4 is 12.6 Å². The lowest BCUT2D eigenvalue weighted by atomic mass is 10.5. The van der Waals surface area contributed by atoms with E-state index in [1.54, 1.807) is 0 Å². The molecule has 0 aromatic carbocycles. The van der Waals surface area contributed by atoms with E-state index in [1.165, 1.54) is 6.54 Å². The summed E-state index contributed by atoms with van der Waals surface area (Å²) in [6.45, 7) is 3.44. The molecule has 0 spiro atoms. The molecular formula is C3H8NS. The molecule has 0 fully saturated rings. The predicted octanol–water partition coefficient (Wildman–Crippen LogP) is 0.425. The van der Waals surface area contributed by atoms with Crippen LogP contribution in [0.15, 0.2) is 0 Å². The van der Waals surface area contributed by atoms with Gasteiger partial charge in [-0.1, -0.05) is 6.92 Å². The third kappa shape index (κ3) is 4.31. The molecule has 0 amide bonds. The summed E-state index contributed by atoms with van der Waals surface area (Å²) in [5, 5.41) is 0.231. The first-order valence-electron chi connectivity index (χ1n) is 1.50. The second-order valence-electron chi connectivity index (χ2n) is 0.933. The fourth-order valence-electron chi connectivity index (χ4n) is 0. The van der Waals surface area contributed by atoms with Crippen LogP contribution in [0.25, 0.3) is 0 Å². The zero-order valence-electron chi connectivity index (χ0n) is 3.18. The summed E-state index contributed by atoms with van der Waals surface area (Å²) >= 11 is 3.92. The maximum Gasteiger partial charge on any atom is 0.0318 e. The summed E-state index contributed by atoms with van der Waals surface area (Å²) in [4.78, 5) is 0. The number of hydrogen-bond acceptors (Lipinski definition) is 2. The summed E-state index contributed by atoms with van der Waals surface area (Å²) in [6.07, 6.45) is 0. The van der Waals surface area contributed by atoms with Crippen molar-refractivity contribution < 1.29 is 0 Å². The van der Waals surface area contributed by atoms with Crippen LogP contribution < -0.4 is 5.73 Å². The van der Waals surface area contributed by atoms with Gasteiger partial charge in [0.05, 0.1) is 0 Å². The highest BCUT2D eigenvalue weighted by molar-refractivity contribution is 7.81. The van der Waals surface area contributed by atoms with Gasteiger partial charge in [0.25, 0.3) is 0 Å². The van der Waals surface area contributed by atoms with Crippen LogP contribution in [0.2, 0.25) is 0 Å². The molecule has 0 saturated heterocycles. The number of hydrogen-bond donors (Lipinski definition) is 2. The third-order valence-electron chi connectivity index (χ3n) is 0.279. The quantitative estimate of drug-likeness (QED) is 0.448. The van der Waals surface area contributed by atoms with Crippen molar-refractivity contribution in [1.29, 1.82) is 0 Å². The number of rotatable bonds is 1. The Balaban J connectivity index is 2.54. The lowest BCUT2D eigenvalue weighted by Crippen LogP contribution is -2.00. The smallest absolute Gasteiger partial charge is 0.0318 e. The Kier molecular flexibility index (Phi) is 2.70. The molecule has 0 aliphatic carbocycles. The zero-order valence-corrected chi connectivity index (χ0v) is 4.07. The van der Waals surface area contributed by atoms with Gasteiger partial charge in [0.1, 0.15) is 0 Å². The van der Waals surface area contributed by atoms with Crippen molar-refractivity contribution in [3.8, 4) is 0 Å². The highest BCUT2D eigenvalue weighted by Gasteiger charge is 1.82. The fourth-order valence-corrected chi connectivity index (χ4v) is 0. The lowest BCUT2D eigenvalue weighted by molar-refractivity contribution is 1.09. The van der Waals surface area contributed by atoms with E-state index in [4.69, 9.17) is 5.73 Å². The van der Waals surface area contributed by atoms with Gasteiger partial charge in [0.15, 0.2) is 0 Å². The van der Waals surface area contributed by atoms with E-state index in [0.29, 0.717) is 0 Å². The largest absolute Gasteiger partial charge is 0.325 e. The van der Waals surface area contributed by atoms with E-state index in [-0.39, 0.29) is 5.25 Å². The van der Waals surface area contributed by atoms with Crippen molar-refractivity contribution in [1.82, 2.24) is 0 Å². The molecule has 1 unspecified atom stereocenters. The summed E-state index contributed by atoms with van der Waals surface area (Å²) in [6, 6.07) is 0. The average Bonchev–Trinajstić information content (AvgIpc) is 1.38. The van der Waals surface area contributed by atoms with Crippen LogP contribution in [0.3, 0.4) is 0 Å². The Morgan fingerprint density at radius 3 is 2.20 bits per heavy atom. The van der Waals surface area contributed by atoms with E-state index in [1.807, 2.05) is 6.92 Å². The maximum atomic E-state index is 4.97. The van der Waals surface area contributed by atoms with Gasteiger partial charge in [-0.25, -0.2) is 0 Å². The molecule has 1 nitrogen and oxygen atoms in total. The van der Waals surface area contributed by atoms with Gasteiger partial charge in [-0.2, -0.15) is 12.6 Å². The maximum absolute atomic E-state index is 4.97. The highest BCUT2D eigenvalue weighted by Crippen LogP contribution is 1.88. The molecule has 0 heterocycles. The van der Waals surface area contributed by atoms with Gasteiger partial charge in [0.2, 0.25) is 0 Å². The molecule has 0 aromatic heterocycles. The van der Waals surface area contributed by atoms with Gasteiger partial charge >= 0.3 is 0 Å². The van der Waals surface area contributed by atoms with Crippen LogP contribution in [-0.2, 0) is 0 Å². The van der Waals surface area contributed by atoms with Gasteiger partial charge in [-0.05, 0) is 0 Å². The van der Waals surface area contributed by atoms with Crippen LogP contribution in [0.1, 0.15) is 6.92 Å². The normalized spacial score (nSPS) is 15.0. The minimum absolute atomic E-state index is 0.231. The van der Waals surface area contributed by atoms with E-state index in [0.717, 1.165) is 0 Å². The molecule has 0 aliphatic heterocycles. The van der Waals surface area contributed by atoms with Gasteiger partial charge < -0.3 is 5.73 Å². The van der Waals surface area contributed by atoms with Crippen molar-refractivity contribution in [3.63, 3.8) is 0 Å². The Hall–Kier alpha value is 0.310. The topological polar surface area (TPSA) is 26.0 Å². The number of thiol groups is 1. The Morgan fingerprint density at radius 2 is 2.20 bits per heavy atom. The van der Waals surface area contributed by atoms with E-state index < -0.39 is 0 Å². The molecule has 1 atom stereocenters. The molecule has 0 rings (SSSR count). The van der Waals surface area contributed by atoms with Crippen LogP contribution in [-0.4, -0.2) is 5.25 Å². The van der Waals surface area contributed by atoms with E-state index in [9.17, 15) is 0 Å². The average molecular weight is 90.2 g/mol. The van der Waals surface area contributed by atoms with Crippen molar-refractivity contribution in [3.05, 3.63) is 6.54 Å². The van der Waals surface area contributed by atoms with Crippen molar-refractivity contribution in [2.24, 2.45) is 5.73 Å². The van der Waals surface area contributed by atoms with Crippen LogP contribution in [0.4, 0.5) is 0 Å². The minimum Gasteiger partial charge on any atom is -0.325 e. The van der Waals surface area contributed by atoms with E-state index >= 15 is 0 Å². The monoisotopic (exact) mass is 90.0 g/mol. The van der Waals surface area contributed by atoms with Crippen LogP contribution in [0.5, 0.6) is 0 Å². The molecule has 0 aromatic rings. The first-order chi connectivity index (χ1) is 2.27. The molecular weight excluding hydrogens is 82.1 g/mol. The summed E-state index contributed by atoms with van der Waals surface area (Å²) < 4.78 is 0. The molecule has 2 heteroatoms. The Labute approximate surface area is 38.0 Å². The van der Waals surface area contributed by atoms with E-state index in [2.05, 4.69) is 12.6 Å². The minimum atomic E-state index is 0.231. The first-order valence-corrected chi connectivity index (χ1v) is 2.02. The predicted molar refractivity (Wildman–Crippen MR) is 26.9 cm³/mol. The first kappa shape index (κ1) is 5.31. The molecule has 31 valence electrons. The van der Waals surface area contributed by atoms with Crippen LogP contribution >= 0.6 is 12.6 Å². The number of nitrogens with two attached hydrogens (primary N) is 1. The van der Waals surface area contributed by atoms with Gasteiger partial charge in [-0.3, -0.25) is 0 Å². The van der Waals surface area contributed by atoms with Crippen LogP contribution in [0, 0.1) is 6.54 Å². The second kappa shape index (κ2) is 2.54. The highest BCUT2D eigenvalue weighted by atomic mass is 32.1. The standard InChI is InChI=1S/C3H8NS/c1-3(5)2-4/h2-3,5H,4H2,1H3. The molecule has 0 bridgehead atoms. The molecule has 2 N–H and O–H groups in total. The Morgan fingerprint density at radius 1 is 2.00 bits per heavy atom. The summed E-state index contributed by atoms with van der Waals surface area (Å²) in [5.41, 5.74) is 4.97. The Bertz CT molecular complexity index is 20.9. The van der Waals surface area contributed by atoms with Gasteiger partial charge in [-0.15, -0.1) is 0 Å².